The Kier molecular flexibility index (Phi) is 3.06. The lowest BCUT2D eigenvalue weighted by Crippen LogP contribution is -2.28. The molecule has 1 aliphatic heterocycles. The zero-order chi connectivity index (χ0) is 14.4. The maximum absolute atomic E-state index is 12.4. The van der Waals surface area contributed by atoms with Gasteiger partial charge < -0.3 is 9.88 Å². The molecule has 3 heterocycles. The third-order valence-electron chi connectivity index (χ3n) is 4.34. The van der Waals surface area contributed by atoms with Crippen molar-refractivity contribution in [3.05, 3.63) is 33.0 Å². The van der Waals surface area contributed by atoms with Crippen LogP contribution in [0, 0.1) is 0 Å². The number of aryl methyl sites for hydroxylation is 3. The van der Waals surface area contributed by atoms with Crippen molar-refractivity contribution in [2.24, 2.45) is 0 Å². The molecule has 0 fully saturated rings. The molecule has 0 bridgehead atoms. The lowest BCUT2D eigenvalue weighted by molar-refractivity contribution is 0.0941. The van der Waals surface area contributed by atoms with Gasteiger partial charge in [0.15, 0.2) is 5.82 Å². The van der Waals surface area contributed by atoms with Gasteiger partial charge in [-0.05, 0) is 44.2 Å². The maximum atomic E-state index is 12.4. The van der Waals surface area contributed by atoms with Crippen LogP contribution in [0.4, 0.5) is 0 Å². The topological polar surface area (TPSA) is 59.8 Å². The third kappa shape index (κ3) is 2.18. The first-order chi connectivity index (χ1) is 10.2. The third-order valence-corrected chi connectivity index (χ3v) is 5.58. The number of hydrogen-bond acceptors (Lipinski definition) is 4. The molecule has 1 N–H and O–H groups in total. The summed E-state index contributed by atoms with van der Waals surface area (Å²) in [7, 11) is 0. The van der Waals surface area contributed by atoms with Gasteiger partial charge in [-0.25, -0.2) is 0 Å². The maximum Gasteiger partial charge on any atom is 0.261 e. The molecule has 0 aromatic carbocycles. The predicted octanol–water partition coefficient (Wildman–Crippen LogP) is 2.27. The molecule has 4 rings (SSSR count). The van der Waals surface area contributed by atoms with Crippen molar-refractivity contribution in [2.45, 2.75) is 51.6 Å². The molecule has 0 saturated heterocycles. The number of fused-ring (bicyclic) bond motifs is 2. The van der Waals surface area contributed by atoms with E-state index in [1.54, 1.807) is 11.3 Å². The predicted molar refractivity (Wildman–Crippen MR) is 80.6 cm³/mol. The van der Waals surface area contributed by atoms with Crippen LogP contribution in [0.3, 0.4) is 0 Å². The zero-order valence-electron chi connectivity index (χ0n) is 12.1. The highest BCUT2D eigenvalue weighted by Crippen LogP contribution is 2.31. The molecule has 1 atom stereocenters. The van der Waals surface area contributed by atoms with Crippen LogP contribution in [0.15, 0.2) is 6.07 Å². The average Bonchev–Trinajstić information content (AvgIpc) is 3.17. The molecule has 1 aliphatic carbocycles. The van der Waals surface area contributed by atoms with Crippen LogP contribution in [0.2, 0.25) is 0 Å². The molecule has 2 aliphatic rings. The number of aromatic nitrogens is 3. The van der Waals surface area contributed by atoms with Crippen LogP contribution in [-0.4, -0.2) is 20.7 Å². The van der Waals surface area contributed by atoms with Crippen molar-refractivity contribution in [1.82, 2.24) is 20.1 Å². The van der Waals surface area contributed by atoms with E-state index >= 15 is 0 Å². The van der Waals surface area contributed by atoms with E-state index < -0.39 is 0 Å². The van der Waals surface area contributed by atoms with Gasteiger partial charge in [0.25, 0.3) is 5.91 Å². The first-order valence-electron chi connectivity index (χ1n) is 7.57. The van der Waals surface area contributed by atoms with E-state index in [4.69, 9.17) is 0 Å². The molecule has 21 heavy (non-hydrogen) atoms. The van der Waals surface area contributed by atoms with Crippen LogP contribution in [-0.2, 0) is 25.8 Å². The van der Waals surface area contributed by atoms with Crippen molar-refractivity contribution in [2.75, 3.05) is 0 Å². The van der Waals surface area contributed by atoms with E-state index in [9.17, 15) is 4.79 Å². The van der Waals surface area contributed by atoms with Crippen LogP contribution in [0.25, 0.3) is 0 Å². The van der Waals surface area contributed by atoms with Crippen LogP contribution in [0.1, 0.15) is 57.6 Å². The lowest BCUT2D eigenvalue weighted by Gasteiger charge is -2.13. The Labute approximate surface area is 127 Å². The Morgan fingerprint density at radius 2 is 2.24 bits per heavy atom. The quantitative estimate of drug-likeness (QED) is 0.946. The molecule has 110 valence electrons. The van der Waals surface area contributed by atoms with Gasteiger partial charge in [-0.2, -0.15) is 0 Å². The van der Waals surface area contributed by atoms with Gasteiger partial charge in [0.05, 0.1) is 10.9 Å². The molecule has 2 aromatic heterocycles. The SMILES string of the molecule is C[C@H](NC(=O)c1cc2c(s1)CCC2)c1nnc2n1CCC2. The summed E-state index contributed by atoms with van der Waals surface area (Å²) in [5, 5.41) is 11.5. The molecule has 0 spiro atoms. The molecular weight excluding hydrogens is 284 g/mol. The van der Waals surface area contributed by atoms with Gasteiger partial charge in [0.1, 0.15) is 5.82 Å². The minimum Gasteiger partial charge on any atom is -0.342 e. The van der Waals surface area contributed by atoms with Crippen molar-refractivity contribution in [3.63, 3.8) is 0 Å². The molecule has 0 saturated carbocycles. The normalized spacial score (nSPS) is 17.6. The van der Waals surface area contributed by atoms with Gasteiger partial charge in [-0.3, -0.25) is 4.79 Å². The number of hydrogen-bond donors (Lipinski definition) is 1. The van der Waals surface area contributed by atoms with Crippen molar-refractivity contribution in [1.29, 1.82) is 0 Å². The summed E-state index contributed by atoms with van der Waals surface area (Å²) < 4.78 is 2.14. The summed E-state index contributed by atoms with van der Waals surface area (Å²) in [6.45, 7) is 2.94. The molecule has 2 aromatic rings. The fraction of sp³-hybridized carbons (Fsp3) is 0.533. The van der Waals surface area contributed by atoms with Gasteiger partial charge in [-0.15, -0.1) is 21.5 Å². The van der Waals surface area contributed by atoms with E-state index in [2.05, 4.69) is 26.1 Å². The Morgan fingerprint density at radius 1 is 1.33 bits per heavy atom. The van der Waals surface area contributed by atoms with Crippen LogP contribution >= 0.6 is 11.3 Å². The van der Waals surface area contributed by atoms with Crippen molar-refractivity contribution < 1.29 is 4.79 Å². The summed E-state index contributed by atoms with van der Waals surface area (Å²) in [5.41, 5.74) is 1.36. The zero-order valence-corrected chi connectivity index (χ0v) is 12.9. The highest BCUT2D eigenvalue weighted by atomic mass is 32.1. The van der Waals surface area contributed by atoms with Gasteiger partial charge >= 0.3 is 0 Å². The Balaban J connectivity index is 1.50. The average molecular weight is 302 g/mol. The fourth-order valence-corrected chi connectivity index (χ4v) is 4.42. The number of nitrogens with one attached hydrogen (secondary N) is 1. The molecule has 0 unspecified atom stereocenters. The number of nitrogens with zero attached hydrogens (tertiary/aromatic N) is 3. The largest absolute Gasteiger partial charge is 0.342 e. The van der Waals surface area contributed by atoms with E-state index in [1.165, 1.54) is 16.9 Å². The Bertz CT molecular complexity index is 681. The number of amides is 1. The molecule has 1 amide bonds. The number of carbonyl (C=O) groups excluding carboxylic acids is 1. The smallest absolute Gasteiger partial charge is 0.261 e. The standard InChI is InChI=1S/C15H18N4OS/c1-9(14-18-17-13-6-3-7-19(13)14)16-15(20)12-8-10-4-2-5-11(10)21-12/h8-9H,2-7H2,1H3,(H,16,20)/t9-/m0/s1. The highest BCUT2D eigenvalue weighted by molar-refractivity contribution is 7.14. The summed E-state index contributed by atoms with van der Waals surface area (Å²) >= 11 is 1.64. The number of rotatable bonds is 3. The summed E-state index contributed by atoms with van der Waals surface area (Å²) in [6.07, 6.45) is 5.58. The van der Waals surface area contributed by atoms with E-state index in [-0.39, 0.29) is 11.9 Å². The molecular formula is C15H18N4OS. The second-order valence-corrected chi connectivity index (χ2v) is 6.97. The summed E-state index contributed by atoms with van der Waals surface area (Å²) in [4.78, 5) is 14.6. The van der Waals surface area contributed by atoms with E-state index in [0.29, 0.717) is 0 Å². The van der Waals surface area contributed by atoms with E-state index in [1.807, 2.05) is 6.92 Å². The minimum atomic E-state index is -0.103. The van der Waals surface area contributed by atoms with E-state index in [0.717, 1.165) is 48.8 Å². The lowest BCUT2D eigenvalue weighted by atomic mass is 10.2. The number of thiophene rings is 1. The Hall–Kier alpha value is -1.69. The van der Waals surface area contributed by atoms with Crippen LogP contribution < -0.4 is 5.32 Å². The monoisotopic (exact) mass is 302 g/mol. The highest BCUT2D eigenvalue weighted by Gasteiger charge is 2.24. The fourth-order valence-electron chi connectivity index (χ4n) is 3.27. The first kappa shape index (κ1) is 13.0. The van der Waals surface area contributed by atoms with Crippen molar-refractivity contribution >= 4 is 17.2 Å². The number of carbonyl (C=O) groups is 1. The molecule has 0 radical (unpaired) electrons. The summed E-state index contributed by atoms with van der Waals surface area (Å²) in [6, 6.07) is 1.96. The minimum absolute atomic E-state index is 0.0113. The first-order valence-corrected chi connectivity index (χ1v) is 8.38. The van der Waals surface area contributed by atoms with Gasteiger partial charge in [0.2, 0.25) is 0 Å². The summed E-state index contributed by atoms with van der Waals surface area (Å²) in [5.74, 6) is 1.93. The Morgan fingerprint density at radius 3 is 3.10 bits per heavy atom. The van der Waals surface area contributed by atoms with Gasteiger partial charge in [0, 0.05) is 17.8 Å². The van der Waals surface area contributed by atoms with Crippen molar-refractivity contribution in [3.8, 4) is 0 Å². The molecule has 5 nitrogen and oxygen atoms in total. The molecule has 6 heteroatoms. The second kappa shape index (κ2) is 4.94. The van der Waals surface area contributed by atoms with Crippen LogP contribution in [0.5, 0.6) is 0 Å². The second-order valence-electron chi connectivity index (χ2n) is 5.84. The van der Waals surface area contributed by atoms with Gasteiger partial charge in [-0.1, -0.05) is 0 Å².